The number of hydrogen-bond acceptors (Lipinski definition) is 9. The second kappa shape index (κ2) is 9.95. The SMILES string of the molecule is CC(CC#N)Oc1cc(Oc2ccc(-c3nnc(C4CC4)o3)cc2)cc(C(=O)Nc2nccs2)c1. The molecule has 9 nitrogen and oxygen atoms in total. The largest absolute Gasteiger partial charge is 0.489 e. The fourth-order valence-electron chi connectivity index (χ4n) is 3.33. The van der Waals surface area contributed by atoms with Crippen LogP contribution in [-0.2, 0) is 0 Å². The molecule has 0 aliphatic heterocycles. The van der Waals surface area contributed by atoms with E-state index in [1.807, 2.05) is 12.1 Å². The number of hydrogen-bond donors (Lipinski definition) is 1. The molecule has 0 bridgehead atoms. The maximum Gasteiger partial charge on any atom is 0.257 e. The molecule has 0 radical (unpaired) electrons. The van der Waals surface area contributed by atoms with Crippen molar-refractivity contribution in [1.82, 2.24) is 15.2 Å². The van der Waals surface area contributed by atoms with Crippen LogP contribution in [0.1, 0.15) is 48.4 Å². The molecule has 1 fully saturated rings. The predicted molar refractivity (Wildman–Crippen MR) is 129 cm³/mol. The van der Waals surface area contributed by atoms with Gasteiger partial charge >= 0.3 is 0 Å². The van der Waals surface area contributed by atoms with E-state index in [9.17, 15) is 4.79 Å². The Kier molecular flexibility index (Phi) is 6.41. The minimum Gasteiger partial charge on any atom is -0.489 e. The number of rotatable bonds is 9. The fourth-order valence-corrected chi connectivity index (χ4v) is 3.86. The first-order valence-electron chi connectivity index (χ1n) is 11.1. The van der Waals surface area contributed by atoms with Gasteiger partial charge in [-0.15, -0.1) is 21.5 Å². The van der Waals surface area contributed by atoms with Gasteiger partial charge in [0.1, 0.15) is 23.4 Å². The van der Waals surface area contributed by atoms with Crippen LogP contribution >= 0.6 is 11.3 Å². The minimum absolute atomic E-state index is 0.214. The van der Waals surface area contributed by atoms with Crippen molar-refractivity contribution in [3.63, 3.8) is 0 Å². The monoisotopic (exact) mass is 487 g/mol. The van der Waals surface area contributed by atoms with E-state index in [-0.39, 0.29) is 18.4 Å². The van der Waals surface area contributed by atoms with E-state index in [2.05, 4.69) is 26.6 Å². The van der Waals surface area contributed by atoms with Crippen molar-refractivity contribution in [3.8, 4) is 34.8 Å². The lowest BCUT2D eigenvalue weighted by atomic mass is 10.1. The van der Waals surface area contributed by atoms with Crippen LogP contribution in [0.3, 0.4) is 0 Å². The molecule has 0 saturated heterocycles. The molecule has 1 aliphatic carbocycles. The van der Waals surface area contributed by atoms with Crippen LogP contribution in [0, 0.1) is 11.3 Å². The van der Waals surface area contributed by atoms with Gasteiger partial charge < -0.3 is 13.9 Å². The maximum atomic E-state index is 12.8. The van der Waals surface area contributed by atoms with Crippen molar-refractivity contribution >= 4 is 22.4 Å². The zero-order valence-corrected chi connectivity index (χ0v) is 19.6. The third kappa shape index (κ3) is 5.65. The van der Waals surface area contributed by atoms with Crippen LogP contribution < -0.4 is 14.8 Å². The molecule has 2 aromatic heterocycles. The number of nitrogens with one attached hydrogen (secondary N) is 1. The summed E-state index contributed by atoms with van der Waals surface area (Å²) in [5.41, 5.74) is 1.13. The lowest BCUT2D eigenvalue weighted by Gasteiger charge is -2.15. The molecule has 176 valence electrons. The first-order chi connectivity index (χ1) is 17.1. The number of anilines is 1. The van der Waals surface area contributed by atoms with Gasteiger partial charge in [-0.3, -0.25) is 10.1 Å². The maximum absolute atomic E-state index is 12.8. The Balaban J connectivity index is 1.35. The highest BCUT2D eigenvalue weighted by Crippen LogP contribution is 2.40. The fraction of sp³-hybridized carbons (Fsp3) is 0.240. The van der Waals surface area contributed by atoms with Crippen molar-refractivity contribution in [2.75, 3.05) is 5.32 Å². The molecule has 1 atom stereocenters. The molecule has 10 heteroatoms. The molecule has 2 heterocycles. The summed E-state index contributed by atoms with van der Waals surface area (Å²) in [6.45, 7) is 1.79. The van der Waals surface area contributed by atoms with E-state index in [4.69, 9.17) is 19.2 Å². The summed E-state index contributed by atoms with van der Waals surface area (Å²) in [6.07, 6.45) is 3.67. The van der Waals surface area contributed by atoms with E-state index in [1.165, 1.54) is 11.3 Å². The molecule has 1 saturated carbocycles. The van der Waals surface area contributed by atoms with Crippen molar-refractivity contribution in [2.45, 2.75) is 38.2 Å². The lowest BCUT2D eigenvalue weighted by Crippen LogP contribution is -2.14. The summed E-state index contributed by atoms with van der Waals surface area (Å²) in [5.74, 6) is 2.60. The molecule has 2 aromatic carbocycles. The number of aromatic nitrogens is 3. The van der Waals surface area contributed by atoms with Crippen LogP contribution in [0.25, 0.3) is 11.5 Å². The van der Waals surface area contributed by atoms with Crippen molar-refractivity contribution in [1.29, 1.82) is 5.26 Å². The first kappa shape index (κ1) is 22.6. The standard InChI is InChI=1S/C25H21N5O4S/c1-15(8-9-26)32-20-12-18(22(31)28-25-27-10-11-35-25)13-21(14-20)33-19-6-4-17(5-7-19)24-30-29-23(34-24)16-2-3-16/h4-7,10-16H,2-3,8H2,1H3,(H,27,28,31). The van der Waals surface area contributed by atoms with Crippen molar-refractivity contribution in [2.24, 2.45) is 0 Å². The number of nitriles is 1. The van der Waals surface area contributed by atoms with E-state index < -0.39 is 0 Å². The minimum atomic E-state index is -0.348. The number of benzene rings is 2. The second-order valence-electron chi connectivity index (χ2n) is 8.12. The Morgan fingerprint density at radius 3 is 2.71 bits per heavy atom. The number of nitrogens with zero attached hydrogens (tertiary/aromatic N) is 4. The molecular weight excluding hydrogens is 466 g/mol. The molecule has 1 aliphatic rings. The van der Waals surface area contributed by atoms with Crippen molar-refractivity contribution < 1.29 is 18.7 Å². The van der Waals surface area contributed by atoms with Gasteiger partial charge in [0.15, 0.2) is 5.13 Å². The highest BCUT2D eigenvalue weighted by atomic mass is 32.1. The molecule has 4 aromatic rings. The zero-order valence-electron chi connectivity index (χ0n) is 18.8. The van der Waals surface area contributed by atoms with Crippen LogP contribution in [-0.4, -0.2) is 27.2 Å². The van der Waals surface area contributed by atoms with Gasteiger partial charge in [0.25, 0.3) is 5.91 Å². The first-order valence-corrected chi connectivity index (χ1v) is 12.0. The molecule has 35 heavy (non-hydrogen) atoms. The molecule has 1 N–H and O–H groups in total. The third-order valence-electron chi connectivity index (χ3n) is 5.22. The average Bonchev–Trinajstić information content (AvgIpc) is 3.34. The van der Waals surface area contributed by atoms with E-state index in [1.54, 1.807) is 48.8 Å². The Bertz CT molecular complexity index is 1360. The summed E-state index contributed by atoms with van der Waals surface area (Å²) in [5, 5.41) is 22.2. The average molecular weight is 488 g/mol. The lowest BCUT2D eigenvalue weighted by molar-refractivity contribution is 0.102. The molecule has 5 rings (SSSR count). The number of thiazole rings is 1. The Morgan fingerprint density at radius 2 is 2.00 bits per heavy atom. The van der Waals surface area contributed by atoms with Crippen molar-refractivity contribution in [3.05, 3.63) is 65.5 Å². The van der Waals surface area contributed by atoms with Gasteiger partial charge in [0, 0.05) is 34.7 Å². The highest BCUT2D eigenvalue weighted by Gasteiger charge is 2.29. The molecular formula is C25H21N5O4S. The van der Waals surface area contributed by atoms with Gasteiger partial charge in [-0.05, 0) is 56.2 Å². The summed E-state index contributed by atoms with van der Waals surface area (Å²) < 4.78 is 17.6. The summed E-state index contributed by atoms with van der Waals surface area (Å²) in [7, 11) is 0. The van der Waals surface area contributed by atoms with Gasteiger partial charge in [0.2, 0.25) is 11.8 Å². The molecule has 1 unspecified atom stereocenters. The smallest absolute Gasteiger partial charge is 0.257 e. The van der Waals surface area contributed by atoms with Crippen LogP contribution in [0.4, 0.5) is 5.13 Å². The van der Waals surface area contributed by atoms with Gasteiger partial charge in [-0.2, -0.15) is 5.26 Å². The third-order valence-corrected chi connectivity index (χ3v) is 5.90. The van der Waals surface area contributed by atoms with Crippen LogP contribution in [0.5, 0.6) is 17.2 Å². The van der Waals surface area contributed by atoms with E-state index in [0.29, 0.717) is 45.6 Å². The van der Waals surface area contributed by atoms with E-state index >= 15 is 0 Å². The molecule has 0 spiro atoms. The predicted octanol–water partition coefficient (Wildman–Crippen LogP) is 5.80. The summed E-state index contributed by atoms with van der Waals surface area (Å²) in [6, 6.07) is 14.3. The van der Waals surface area contributed by atoms with Gasteiger partial charge in [-0.25, -0.2) is 4.98 Å². The topological polar surface area (TPSA) is 123 Å². The summed E-state index contributed by atoms with van der Waals surface area (Å²) >= 11 is 1.32. The van der Waals surface area contributed by atoms with Gasteiger partial charge in [0.05, 0.1) is 12.5 Å². The van der Waals surface area contributed by atoms with E-state index in [0.717, 1.165) is 18.4 Å². The zero-order chi connectivity index (χ0) is 24.2. The Morgan fingerprint density at radius 1 is 1.20 bits per heavy atom. The van der Waals surface area contributed by atoms with Crippen LogP contribution in [0.15, 0.2) is 58.5 Å². The highest BCUT2D eigenvalue weighted by molar-refractivity contribution is 7.13. The van der Waals surface area contributed by atoms with Crippen LogP contribution in [0.2, 0.25) is 0 Å². The number of ether oxygens (including phenoxy) is 2. The normalized spacial score (nSPS) is 13.6. The summed E-state index contributed by atoms with van der Waals surface area (Å²) in [4.78, 5) is 16.9. The second-order valence-corrected chi connectivity index (χ2v) is 9.02. The Labute approximate surface area is 205 Å². The number of carbonyl (C=O) groups is 1. The quantitative estimate of drug-likeness (QED) is 0.314. The Hall–Kier alpha value is -4.23. The number of carbonyl (C=O) groups excluding carboxylic acids is 1. The van der Waals surface area contributed by atoms with Gasteiger partial charge in [-0.1, -0.05) is 0 Å². The number of amides is 1. The molecule has 1 amide bonds.